The third kappa shape index (κ3) is 3.65. The van der Waals surface area contributed by atoms with E-state index in [1.807, 2.05) is 26.0 Å². The van der Waals surface area contributed by atoms with Gasteiger partial charge in [0.15, 0.2) is 6.10 Å². The molecule has 23 heavy (non-hydrogen) atoms. The monoisotopic (exact) mass is 317 g/mol. The van der Waals surface area contributed by atoms with Gasteiger partial charge in [-0.25, -0.2) is 9.78 Å². The molecule has 0 aromatic carbocycles. The molecule has 1 N–H and O–H groups in total. The summed E-state index contributed by atoms with van der Waals surface area (Å²) in [7, 11) is 0. The highest BCUT2D eigenvalue weighted by Crippen LogP contribution is 2.21. The Morgan fingerprint density at radius 2 is 2.13 bits per heavy atom. The number of urea groups is 1. The van der Waals surface area contributed by atoms with Gasteiger partial charge in [-0.15, -0.1) is 10.2 Å². The number of rotatable bonds is 2. The molecule has 0 spiro atoms. The molecule has 2 aromatic rings. The maximum Gasteiger partial charge on any atom is 0.323 e. The van der Waals surface area contributed by atoms with Crippen molar-refractivity contribution in [3.63, 3.8) is 0 Å². The molecule has 1 aliphatic heterocycles. The van der Waals surface area contributed by atoms with Crippen LogP contribution in [0.5, 0.6) is 0 Å². The number of ether oxygens (including phenoxy) is 1. The fraction of sp³-hybridized carbons (Fsp3) is 0.467. The normalized spacial score (nSPS) is 18.0. The molecule has 0 radical (unpaired) electrons. The predicted octanol–water partition coefficient (Wildman–Crippen LogP) is 2.00. The minimum Gasteiger partial charge on any atom is -0.423 e. The molecule has 0 aliphatic carbocycles. The summed E-state index contributed by atoms with van der Waals surface area (Å²) in [6.07, 6.45) is -0.400. The second kappa shape index (κ2) is 6.33. The van der Waals surface area contributed by atoms with Crippen molar-refractivity contribution in [3.05, 3.63) is 35.2 Å². The third-order valence-corrected chi connectivity index (χ3v) is 3.50. The van der Waals surface area contributed by atoms with Crippen molar-refractivity contribution >= 4 is 11.8 Å². The first-order valence-corrected chi connectivity index (χ1v) is 7.44. The number of carbonyl (C=O) groups excluding carboxylic acids is 1. The lowest BCUT2D eigenvalue weighted by atomic mass is 10.2. The second-order valence-electron chi connectivity index (χ2n) is 5.57. The standard InChI is InChI=1S/C15H19N5O3/c1-9-6-10(2)16-13(7-9)17-15(21)20-4-5-22-12(8-20)14-19-18-11(3)23-14/h6-7,12H,4-5,8H2,1-3H3,(H,16,17,21)/t12-/m1/s1. The first-order chi connectivity index (χ1) is 11.0. The average Bonchev–Trinajstić information content (AvgIpc) is 2.93. The molecule has 2 aromatic heterocycles. The van der Waals surface area contributed by atoms with Crippen LogP contribution in [0, 0.1) is 20.8 Å². The Balaban J connectivity index is 1.67. The molecule has 8 nitrogen and oxygen atoms in total. The van der Waals surface area contributed by atoms with Crippen molar-refractivity contribution in [2.75, 3.05) is 25.0 Å². The van der Waals surface area contributed by atoms with Crippen molar-refractivity contribution in [3.8, 4) is 0 Å². The minimum absolute atomic E-state index is 0.216. The molecule has 0 saturated carbocycles. The van der Waals surface area contributed by atoms with E-state index in [1.54, 1.807) is 11.8 Å². The van der Waals surface area contributed by atoms with E-state index in [0.29, 0.717) is 37.3 Å². The van der Waals surface area contributed by atoms with Gasteiger partial charge in [-0.1, -0.05) is 0 Å². The number of morpholine rings is 1. The summed E-state index contributed by atoms with van der Waals surface area (Å²) in [5.41, 5.74) is 1.91. The Morgan fingerprint density at radius 1 is 1.30 bits per heavy atom. The maximum atomic E-state index is 12.4. The lowest BCUT2D eigenvalue weighted by Crippen LogP contribution is -2.44. The molecular formula is C15H19N5O3. The van der Waals surface area contributed by atoms with E-state index in [-0.39, 0.29) is 6.03 Å². The van der Waals surface area contributed by atoms with Gasteiger partial charge in [0.25, 0.3) is 0 Å². The molecule has 1 saturated heterocycles. The molecule has 0 unspecified atom stereocenters. The number of pyridine rings is 1. The zero-order chi connectivity index (χ0) is 16.4. The number of amides is 2. The quantitative estimate of drug-likeness (QED) is 0.910. The average molecular weight is 317 g/mol. The molecule has 2 amide bonds. The molecule has 1 aliphatic rings. The number of hydrogen-bond donors (Lipinski definition) is 1. The van der Waals surface area contributed by atoms with E-state index in [0.717, 1.165) is 11.3 Å². The van der Waals surface area contributed by atoms with Crippen LogP contribution in [-0.2, 0) is 4.74 Å². The van der Waals surface area contributed by atoms with Gasteiger partial charge in [0, 0.05) is 19.2 Å². The Hall–Kier alpha value is -2.48. The van der Waals surface area contributed by atoms with Gasteiger partial charge in [-0.3, -0.25) is 5.32 Å². The number of carbonyl (C=O) groups is 1. The first-order valence-electron chi connectivity index (χ1n) is 7.44. The lowest BCUT2D eigenvalue weighted by Gasteiger charge is -2.31. The van der Waals surface area contributed by atoms with Gasteiger partial charge in [0.1, 0.15) is 5.82 Å². The minimum atomic E-state index is -0.400. The fourth-order valence-corrected chi connectivity index (χ4v) is 2.52. The Morgan fingerprint density at radius 3 is 2.83 bits per heavy atom. The van der Waals surface area contributed by atoms with Crippen LogP contribution in [0.1, 0.15) is 29.1 Å². The topological polar surface area (TPSA) is 93.4 Å². The van der Waals surface area contributed by atoms with Gasteiger partial charge in [-0.2, -0.15) is 0 Å². The number of nitrogens with one attached hydrogen (secondary N) is 1. The lowest BCUT2D eigenvalue weighted by molar-refractivity contribution is -0.0274. The summed E-state index contributed by atoms with van der Waals surface area (Å²) >= 11 is 0. The van der Waals surface area contributed by atoms with Crippen LogP contribution in [-0.4, -0.2) is 45.8 Å². The van der Waals surface area contributed by atoms with Crippen molar-refractivity contribution in [2.24, 2.45) is 0 Å². The van der Waals surface area contributed by atoms with Crippen LogP contribution < -0.4 is 5.32 Å². The molecule has 3 heterocycles. The molecule has 8 heteroatoms. The maximum absolute atomic E-state index is 12.4. The van der Waals surface area contributed by atoms with Crippen LogP contribution in [0.3, 0.4) is 0 Å². The van der Waals surface area contributed by atoms with E-state index >= 15 is 0 Å². The highest BCUT2D eigenvalue weighted by molar-refractivity contribution is 5.88. The molecule has 0 bridgehead atoms. The highest BCUT2D eigenvalue weighted by Gasteiger charge is 2.29. The first kappa shape index (κ1) is 15.4. The summed E-state index contributed by atoms with van der Waals surface area (Å²) in [6.45, 7) is 6.85. The summed E-state index contributed by atoms with van der Waals surface area (Å²) in [5.74, 6) is 1.42. The molecule has 122 valence electrons. The van der Waals surface area contributed by atoms with Gasteiger partial charge in [0.05, 0.1) is 13.2 Å². The number of aromatic nitrogens is 3. The zero-order valence-electron chi connectivity index (χ0n) is 13.4. The van der Waals surface area contributed by atoms with Crippen molar-refractivity contribution in [1.29, 1.82) is 0 Å². The summed E-state index contributed by atoms with van der Waals surface area (Å²) in [6, 6.07) is 3.58. The molecule has 1 fully saturated rings. The second-order valence-corrected chi connectivity index (χ2v) is 5.57. The van der Waals surface area contributed by atoms with E-state index in [9.17, 15) is 4.79 Å². The third-order valence-electron chi connectivity index (χ3n) is 3.50. The predicted molar refractivity (Wildman–Crippen MR) is 82.0 cm³/mol. The number of nitrogens with zero attached hydrogens (tertiary/aromatic N) is 4. The van der Waals surface area contributed by atoms with E-state index in [4.69, 9.17) is 9.15 Å². The largest absolute Gasteiger partial charge is 0.423 e. The van der Waals surface area contributed by atoms with Crippen LogP contribution >= 0.6 is 0 Å². The summed E-state index contributed by atoms with van der Waals surface area (Å²) < 4.78 is 11.0. The van der Waals surface area contributed by atoms with Crippen molar-refractivity contribution in [1.82, 2.24) is 20.1 Å². The van der Waals surface area contributed by atoms with Crippen molar-refractivity contribution in [2.45, 2.75) is 26.9 Å². The van der Waals surface area contributed by atoms with E-state index < -0.39 is 6.10 Å². The number of anilines is 1. The van der Waals surface area contributed by atoms with Crippen LogP contribution in [0.2, 0.25) is 0 Å². The summed E-state index contributed by atoms with van der Waals surface area (Å²) in [5, 5.41) is 10.6. The van der Waals surface area contributed by atoms with Crippen LogP contribution in [0.4, 0.5) is 10.6 Å². The van der Waals surface area contributed by atoms with Crippen LogP contribution in [0.25, 0.3) is 0 Å². The molecule has 3 rings (SSSR count). The van der Waals surface area contributed by atoms with Gasteiger partial charge in [0.2, 0.25) is 11.8 Å². The SMILES string of the molecule is Cc1cc(C)nc(NC(=O)N2CCO[C@@H](c3nnc(C)o3)C2)c1. The number of aryl methyl sites for hydroxylation is 3. The molecule has 1 atom stereocenters. The summed E-state index contributed by atoms with van der Waals surface area (Å²) in [4.78, 5) is 18.4. The smallest absolute Gasteiger partial charge is 0.323 e. The Bertz CT molecular complexity index is 695. The Labute approximate surface area is 133 Å². The zero-order valence-corrected chi connectivity index (χ0v) is 13.4. The number of hydrogen-bond acceptors (Lipinski definition) is 6. The van der Waals surface area contributed by atoms with Gasteiger partial charge < -0.3 is 14.1 Å². The van der Waals surface area contributed by atoms with Crippen LogP contribution in [0.15, 0.2) is 16.5 Å². The van der Waals surface area contributed by atoms with E-state index in [1.165, 1.54) is 0 Å². The fourth-order valence-electron chi connectivity index (χ4n) is 2.52. The van der Waals surface area contributed by atoms with E-state index in [2.05, 4.69) is 20.5 Å². The highest BCUT2D eigenvalue weighted by atomic mass is 16.5. The van der Waals surface area contributed by atoms with Gasteiger partial charge in [-0.05, 0) is 31.5 Å². The molecular weight excluding hydrogens is 298 g/mol. The Kier molecular flexibility index (Phi) is 4.24. The van der Waals surface area contributed by atoms with Gasteiger partial charge >= 0.3 is 6.03 Å². The van der Waals surface area contributed by atoms with Crippen molar-refractivity contribution < 1.29 is 13.9 Å².